The van der Waals surface area contributed by atoms with Crippen LogP contribution in [0, 0.1) is 11.3 Å². The van der Waals surface area contributed by atoms with E-state index in [9.17, 15) is 21.6 Å². The summed E-state index contributed by atoms with van der Waals surface area (Å²) in [5.74, 6) is 0. The Labute approximate surface area is 150 Å². The number of alkyl halides is 3. The Bertz CT molecular complexity index is 1150. The minimum atomic E-state index is -4.72. The van der Waals surface area contributed by atoms with Gasteiger partial charge in [0.1, 0.15) is 10.5 Å². The monoisotopic (exact) mass is 400 g/mol. The summed E-state index contributed by atoms with van der Waals surface area (Å²) in [7, 11) is -4.16. The Morgan fingerprint density at radius 3 is 2.65 bits per heavy atom. The Kier molecular flexibility index (Phi) is 4.29. The molecule has 1 aromatic carbocycles. The van der Waals surface area contributed by atoms with Crippen molar-refractivity contribution in [3.05, 3.63) is 52.8 Å². The van der Waals surface area contributed by atoms with E-state index in [1.807, 2.05) is 0 Å². The largest absolute Gasteiger partial charge is 0.417 e. The minimum Gasteiger partial charge on any atom is -0.345 e. The van der Waals surface area contributed by atoms with Crippen LogP contribution in [0.3, 0.4) is 0 Å². The van der Waals surface area contributed by atoms with E-state index in [-0.39, 0.29) is 26.6 Å². The van der Waals surface area contributed by atoms with Gasteiger partial charge in [0.25, 0.3) is 10.0 Å². The number of pyridine rings is 1. The van der Waals surface area contributed by atoms with E-state index in [2.05, 4.69) is 14.7 Å². The van der Waals surface area contributed by atoms with Crippen LogP contribution in [-0.2, 0) is 16.2 Å². The maximum Gasteiger partial charge on any atom is 0.417 e. The summed E-state index contributed by atoms with van der Waals surface area (Å²) in [5, 5.41) is 9.34. The predicted octanol–water partition coefficient (Wildman–Crippen LogP) is 3.91. The second-order valence-electron chi connectivity index (χ2n) is 5.18. The fourth-order valence-corrected chi connectivity index (χ4v) is 3.70. The molecule has 0 atom stereocenters. The Balaban J connectivity index is 2.02. The van der Waals surface area contributed by atoms with Crippen LogP contribution >= 0.6 is 11.6 Å². The van der Waals surface area contributed by atoms with E-state index in [0.29, 0.717) is 6.07 Å². The average molecular weight is 401 g/mol. The average Bonchev–Trinajstić information content (AvgIpc) is 2.97. The van der Waals surface area contributed by atoms with E-state index in [4.69, 9.17) is 16.9 Å². The summed E-state index contributed by atoms with van der Waals surface area (Å²) in [6, 6.07) is 5.20. The first kappa shape index (κ1) is 18.0. The first-order valence-corrected chi connectivity index (χ1v) is 8.75. The Hall–Kier alpha value is -2.77. The van der Waals surface area contributed by atoms with Crippen molar-refractivity contribution in [3.63, 3.8) is 0 Å². The molecular formula is C15H8ClF3N4O2S. The van der Waals surface area contributed by atoms with Crippen molar-refractivity contribution in [3.8, 4) is 6.07 Å². The molecule has 6 nitrogen and oxygen atoms in total. The van der Waals surface area contributed by atoms with Crippen molar-refractivity contribution >= 4 is 38.3 Å². The van der Waals surface area contributed by atoms with Crippen molar-refractivity contribution in [2.75, 3.05) is 4.72 Å². The molecular weight excluding hydrogens is 393 g/mol. The van der Waals surface area contributed by atoms with Gasteiger partial charge in [-0.25, -0.2) is 13.4 Å². The highest BCUT2D eigenvalue weighted by atomic mass is 35.5. The van der Waals surface area contributed by atoms with Gasteiger partial charge in [0.15, 0.2) is 0 Å². The molecule has 3 rings (SSSR count). The molecule has 0 aliphatic heterocycles. The van der Waals surface area contributed by atoms with E-state index >= 15 is 0 Å². The zero-order valence-electron chi connectivity index (χ0n) is 12.6. The van der Waals surface area contributed by atoms with Crippen molar-refractivity contribution in [1.82, 2.24) is 9.97 Å². The van der Waals surface area contributed by atoms with Crippen LogP contribution in [0.1, 0.15) is 11.1 Å². The zero-order valence-corrected chi connectivity index (χ0v) is 14.2. The van der Waals surface area contributed by atoms with Gasteiger partial charge in [-0.1, -0.05) is 11.6 Å². The first-order valence-electron chi connectivity index (χ1n) is 6.88. The van der Waals surface area contributed by atoms with Crippen molar-refractivity contribution in [2.45, 2.75) is 11.1 Å². The molecule has 0 spiro atoms. The molecule has 2 N–H and O–H groups in total. The number of nitrogens with one attached hydrogen (secondary N) is 2. The lowest BCUT2D eigenvalue weighted by Gasteiger charge is -2.11. The van der Waals surface area contributed by atoms with Crippen molar-refractivity contribution < 1.29 is 21.6 Å². The number of nitriles is 1. The number of aromatic amines is 1. The molecule has 0 bridgehead atoms. The molecule has 0 saturated heterocycles. The third kappa shape index (κ3) is 3.31. The Morgan fingerprint density at radius 1 is 1.27 bits per heavy atom. The Morgan fingerprint density at radius 2 is 2.00 bits per heavy atom. The van der Waals surface area contributed by atoms with Crippen LogP contribution < -0.4 is 4.72 Å². The van der Waals surface area contributed by atoms with Gasteiger partial charge in [-0.15, -0.1) is 0 Å². The van der Waals surface area contributed by atoms with Gasteiger partial charge in [0.05, 0.1) is 27.9 Å². The molecule has 0 saturated carbocycles. The lowest BCUT2D eigenvalue weighted by atomic mass is 10.1. The van der Waals surface area contributed by atoms with E-state index in [1.165, 1.54) is 24.5 Å². The molecule has 26 heavy (non-hydrogen) atoms. The number of benzene rings is 1. The fourth-order valence-electron chi connectivity index (χ4n) is 2.33. The van der Waals surface area contributed by atoms with E-state index in [1.54, 1.807) is 0 Å². The van der Waals surface area contributed by atoms with Crippen LogP contribution in [0.4, 0.5) is 18.9 Å². The SMILES string of the molecule is N#Cc1cc(NS(=O)(=O)c2c[nH]c3ncc(Cl)cc23)ccc1C(F)(F)F. The molecule has 0 unspecified atom stereocenters. The van der Waals surface area contributed by atoms with Gasteiger partial charge in [0, 0.05) is 17.8 Å². The number of rotatable bonds is 3. The molecule has 0 aliphatic carbocycles. The predicted molar refractivity (Wildman–Crippen MR) is 88.1 cm³/mol. The molecule has 2 heterocycles. The third-order valence-corrected chi connectivity index (χ3v) is 5.07. The number of anilines is 1. The number of halogens is 4. The fraction of sp³-hybridized carbons (Fsp3) is 0.0667. The second-order valence-corrected chi connectivity index (χ2v) is 7.27. The number of aromatic nitrogens is 2. The van der Waals surface area contributed by atoms with Gasteiger partial charge in [-0.2, -0.15) is 18.4 Å². The van der Waals surface area contributed by atoms with E-state index in [0.717, 1.165) is 12.1 Å². The summed E-state index contributed by atoms with van der Waals surface area (Å²) in [5.41, 5.74) is -1.74. The van der Waals surface area contributed by atoms with E-state index < -0.39 is 27.3 Å². The summed E-state index contributed by atoms with van der Waals surface area (Å²) in [6.45, 7) is 0. The third-order valence-electron chi connectivity index (χ3n) is 3.45. The van der Waals surface area contributed by atoms with Crippen molar-refractivity contribution in [2.24, 2.45) is 0 Å². The van der Waals surface area contributed by atoms with Crippen LogP contribution in [0.25, 0.3) is 11.0 Å². The number of hydrogen-bond donors (Lipinski definition) is 2. The highest BCUT2D eigenvalue weighted by molar-refractivity contribution is 7.93. The van der Waals surface area contributed by atoms with Crippen LogP contribution in [0.2, 0.25) is 5.02 Å². The zero-order chi connectivity index (χ0) is 19.1. The molecule has 11 heteroatoms. The molecule has 3 aromatic rings. The topological polar surface area (TPSA) is 98.6 Å². The molecule has 0 fully saturated rings. The molecule has 0 aliphatic rings. The molecule has 134 valence electrons. The minimum absolute atomic E-state index is 0.180. The normalized spacial score (nSPS) is 12.1. The van der Waals surface area contributed by atoms with Gasteiger partial charge in [0.2, 0.25) is 0 Å². The molecule has 0 radical (unpaired) electrons. The molecule has 0 amide bonds. The maximum atomic E-state index is 12.8. The van der Waals surface area contributed by atoms with Gasteiger partial charge < -0.3 is 4.98 Å². The number of fused-ring (bicyclic) bond motifs is 1. The number of hydrogen-bond acceptors (Lipinski definition) is 4. The first-order chi connectivity index (χ1) is 12.1. The summed E-state index contributed by atoms with van der Waals surface area (Å²) in [4.78, 5) is 6.43. The highest BCUT2D eigenvalue weighted by Crippen LogP contribution is 2.33. The smallest absolute Gasteiger partial charge is 0.345 e. The second kappa shape index (κ2) is 6.19. The summed E-state index contributed by atoms with van der Waals surface area (Å²) < 4.78 is 65.8. The lowest BCUT2D eigenvalue weighted by molar-refractivity contribution is -0.137. The van der Waals surface area contributed by atoms with Crippen LogP contribution in [-0.4, -0.2) is 18.4 Å². The van der Waals surface area contributed by atoms with Crippen molar-refractivity contribution in [1.29, 1.82) is 5.26 Å². The van der Waals surface area contributed by atoms with Crippen LogP contribution in [0.5, 0.6) is 0 Å². The maximum absolute atomic E-state index is 12.8. The number of nitrogens with zero attached hydrogens (tertiary/aromatic N) is 2. The summed E-state index contributed by atoms with van der Waals surface area (Å²) in [6.07, 6.45) is -2.20. The summed E-state index contributed by atoms with van der Waals surface area (Å²) >= 11 is 5.82. The van der Waals surface area contributed by atoms with Crippen LogP contribution in [0.15, 0.2) is 41.6 Å². The van der Waals surface area contributed by atoms with Gasteiger partial charge in [-0.05, 0) is 24.3 Å². The highest BCUT2D eigenvalue weighted by Gasteiger charge is 2.33. The van der Waals surface area contributed by atoms with Gasteiger partial charge in [-0.3, -0.25) is 4.72 Å². The lowest BCUT2D eigenvalue weighted by Crippen LogP contribution is -2.14. The standard InChI is InChI=1S/C15H8ClF3N4O2S/c16-9-4-11-13(7-22-14(11)21-6-9)26(24,25)23-10-1-2-12(15(17,18)19)8(3-10)5-20/h1-4,6-7,23H,(H,21,22). The molecule has 2 aromatic heterocycles. The number of sulfonamides is 1. The van der Waals surface area contributed by atoms with Gasteiger partial charge >= 0.3 is 6.18 Å². The quantitative estimate of drug-likeness (QED) is 0.696. The number of H-pyrrole nitrogens is 1.